The molecule has 0 saturated carbocycles. The van der Waals surface area contributed by atoms with E-state index in [0.717, 1.165) is 23.7 Å². The van der Waals surface area contributed by atoms with Crippen LogP contribution >= 0.6 is 11.3 Å². The molecule has 2 unspecified atom stereocenters. The minimum absolute atomic E-state index is 0.0123. The Hall–Kier alpha value is -1.23. The van der Waals surface area contributed by atoms with E-state index in [4.69, 9.17) is 0 Å². The topological polar surface area (TPSA) is 104 Å². The first-order valence-corrected chi connectivity index (χ1v) is 9.95. The van der Waals surface area contributed by atoms with Gasteiger partial charge in [0, 0.05) is 44.5 Å². The molecule has 0 radical (unpaired) electrons. The van der Waals surface area contributed by atoms with E-state index in [1.165, 1.54) is 0 Å². The van der Waals surface area contributed by atoms with Crippen molar-refractivity contribution in [2.45, 2.75) is 30.2 Å². The summed E-state index contributed by atoms with van der Waals surface area (Å²) in [7, 11) is -3.47. The molecule has 0 aromatic carbocycles. The lowest BCUT2D eigenvalue weighted by molar-refractivity contribution is -0.383. The molecular weight excluding hydrogens is 342 g/mol. The van der Waals surface area contributed by atoms with Crippen molar-refractivity contribution < 1.29 is 18.4 Å². The SMILES string of the molecule is CC(O)CN1CCN(c2sc(S(C)(=O)=O)cc2[N+](=O)[O-])CC1C. The van der Waals surface area contributed by atoms with Crippen molar-refractivity contribution >= 4 is 31.9 Å². The van der Waals surface area contributed by atoms with E-state index in [9.17, 15) is 23.6 Å². The molecule has 0 aliphatic carbocycles. The predicted octanol–water partition coefficient (Wildman–Crippen LogP) is 0.951. The number of β-amino-alcohol motifs (C(OH)–C–C–N with tert-alkyl or cyclic N) is 1. The summed E-state index contributed by atoms with van der Waals surface area (Å²) in [6.45, 7) is 6.04. The third-order valence-electron chi connectivity index (χ3n) is 3.78. The summed E-state index contributed by atoms with van der Waals surface area (Å²) in [5.74, 6) is 0. The van der Waals surface area contributed by atoms with Crippen LogP contribution in [0.5, 0.6) is 0 Å². The van der Waals surface area contributed by atoms with Crippen LogP contribution in [-0.4, -0.2) is 67.9 Å². The van der Waals surface area contributed by atoms with Gasteiger partial charge >= 0.3 is 5.69 Å². The van der Waals surface area contributed by atoms with Gasteiger partial charge in [0.25, 0.3) is 0 Å². The number of nitro groups is 1. The van der Waals surface area contributed by atoms with Gasteiger partial charge in [-0.15, -0.1) is 0 Å². The summed E-state index contributed by atoms with van der Waals surface area (Å²) >= 11 is 0.947. The highest BCUT2D eigenvalue weighted by Gasteiger charge is 2.32. The molecule has 0 bridgehead atoms. The smallest absolute Gasteiger partial charge is 0.305 e. The number of piperazine rings is 1. The number of anilines is 1. The van der Waals surface area contributed by atoms with Crippen molar-refractivity contribution in [2.75, 3.05) is 37.3 Å². The quantitative estimate of drug-likeness (QED) is 0.613. The van der Waals surface area contributed by atoms with Crippen LogP contribution in [-0.2, 0) is 9.84 Å². The number of rotatable bonds is 5. The van der Waals surface area contributed by atoms with Crippen LogP contribution in [0, 0.1) is 10.1 Å². The lowest BCUT2D eigenvalue weighted by atomic mass is 10.1. The molecule has 0 spiro atoms. The van der Waals surface area contributed by atoms with Crippen LogP contribution < -0.4 is 4.90 Å². The molecule has 1 aromatic heterocycles. The molecule has 1 aliphatic heterocycles. The van der Waals surface area contributed by atoms with Gasteiger partial charge in [-0.2, -0.15) is 0 Å². The zero-order valence-corrected chi connectivity index (χ0v) is 14.9. The Morgan fingerprint density at radius 3 is 2.65 bits per heavy atom. The van der Waals surface area contributed by atoms with Gasteiger partial charge in [-0.25, -0.2) is 8.42 Å². The van der Waals surface area contributed by atoms with Crippen LogP contribution in [0.2, 0.25) is 0 Å². The van der Waals surface area contributed by atoms with Gasteiger partial charge in [0.2, 0.25) is 0 Å². The summed E-state index contributed by atoms with van der Waals surface area (Å²) < 4.78 is 23.4. The fraction of sp³-hybridized carbons (Fsp3) is 0.692. The average molecular weight is 363 g/mol. The van der Waals surface area contributed by atoms with Gasteiger partial charge in [0.1, 0.15) is 4.21 Å². The van der Waals surface area contributed by atoms with E-state index in [1.807, 2.05) is 11.8 Å². The molecular formula is C13H21N3O5S2. The van der Waals surface area contributed by atoms with Crippen LogP contribution in [0.15, 0.2) is 10.3 Å². The van der Waals surface area contributed by atoms with Gasteiger partial charge in [-0.3, -0.25) is 15.0 Å². The Labute approximate surface area is 139 Å². The molecule has 1 aliphatic rings. The molecule has 23 heavy (non-hydrogen) atoms. The summed E-state index contributed by atoms with van der Waals surface area (Å²) in [6.07, 6.45) is 0.618. The van der Waals surface area contributed by atoms with Crippen molar-refractivity contribution in [3.05, 3.63) is 16.2 Å². The van der Waals surface area contributed by atoms with E-state index in [-0.39, 0.29) is 15.9 Å². The highest BCUT2D eigenvalue weighted by molar-refractivity contribution is 7.92. The minimum atomic E-state index is -3.47. The molecule has 2 atom stereocenters. The Morgan fingerprint density at radius 1 is 1.52 bits per heavy atom. The molecule has 130 valence electrons. The van der Waals surface area contributed by atoms with Crippen molar-refractivity contribution in [1.29, 1.82) is 0 Å². The number of aliphatic hydroxyl groups is 1. The monoisotopic (exact) mass is 363 g/mol. The second-order valence-corrected chi connectivity index (χ2v) is 9.20. The number of sulfone groups is 1. The standard InChI is InChI=1S/C13H21N3O5S2/c1-9-7-15(5-4-14(9)8-10(2)17)13-11(16(18)19)6-12(22-13)23(3,20)21/h6,9-10,17H,4-5,7-8H2,1-3H3. The first-order chi connectivity index (χ1) is 10.6. The number of aliphatic hydroxyl groups excluding tert-OH is 1. The van der Waals surface area contributed by atoms with E-state index < -0.39 is 20.9 Å². The Bertz CT molecular complexity index is 686. The van der Waals surface area contributed by atoms with Gasteiger partial charge in [-0.1, -0.05) is 11.3 Å². The lowest BCUT2D eigenvalue weighted by Gasteiger charge is -2.40. The number of hydrogen-bond donors (Lipinski definition) is 1. The summed E-state index contributed by atoms with van der Waals surface area (Å²) in [4.78, 5) is 14.7. The molecule has 1 N–H and O–H groups in total. The van der Waals surface area contributed by atoms with Crippen LogP contribution in [0.3, 0.4) is 0 Å². The normalized spacial score (nSPS) is 21.4. The summed E-state index contributed by atoms with van der Waals surface area (Å²) in [6, 6.07) is 1.25. The summed E-state index contributed by atoms with van der Waals surface area (Å²) in [5.41, 5.74) is -0.161. The first kappa shape index (κ1) is 18.1. The van der Waals surface area contributed by atoms with Crippen molar-refractivity contribution in [2.24, 2.45) is 0 Å². The maximum atomic E-state index is 11.7. The Balaban J connectivity index is 2.26. The highest BCUT2D eigenvalue weighted by atomic mass is 32.2. The molecule has 1 saturated heterocycles. The van der Waals surface area contributed by atoms with E-state index in [1.54, 1.807) is 6.92 Å². The van der Waals surface area contributed by atoms with Crippen LogP contribution in [0.4, 0.5) is 10.7 Å². The molecule has 0 amide bonds. The fourth-order valence-corrected chi connectivity index (χ4v) is 4.74. The Kier molecular flexibility index (Phi) is 5.29. The number of thiophene rings is 1. The van der Waals surface area contributed by atoms with Gasteiger partial charge in [-0.05, 0) is 13.8 Å². The lowest BCUT2D eigenvalue weighted by Crippen LogP contribution is -2.53. The molecule has 8 nitrogen and oxygen atoms in total. The highest BCUT2D eigenvalue weighted by Crippen LogP contribution is 2.40. The predicted molar refractivity (Wildman–Crippen MR) is 89.0 cm³/mol. The van der Waals surface area contributed by atoms with E-state index in [0.29, 0.717) is 31.2 Å². The molecule has 10 heteroatoms. The minimum Gasteiger partial charge on any atom is -0.392 e. The third kappa shape index (κ3) is 4.19. The second-order valence-electron chi connectivity index (χ2n) is 5.92. The molecule has 2 rings (SSSR count). The molecule has 2 heterocycles. The van der Waals surface area contributed by atoms with Crippen molar-refractivity contribution in [3.63, 3.8) is 0 Å². The summed E-state index contributed by atoms with van der Waals surface area (Å²) in [5, 5.41) is 21.1. The number of hydrogen-bond acceptors (Lipinski definition) is 8. The maximum Gasteiger partial charge on any atom is 0.305 e. The van der Waals surface area contributed by atoms with Crippen LogP contribution in [0.1, 0.15) is 13.8 Å². The van der Waals surface area contributed by atoms with Gasteiger partial charge in [0.05, 0.1) is 11.0 Å². The molecule has 1 aromatic rings. The first-order valence-electron chi connectivity index (χ1n) is 7.25. The van der Waals surface area contributed by atoms with E-state index in [2.05, 4.69) is 4.90 Å². The third-order valence-corrected chi connectivity index (χ3v) is 6.77. The second kappa shape index (κ2) is 6.71. The largest absolute Gasteiger partial charge is 0.392 e. The average Bonchev–Trinajstić information content (AvgIpc) is 2.85. The zero-order valence-electron chi connectivity index (χ0n) is 13.3. The van der Waals surface area contributed by atoms with Crippen LogP contribution in [0.25, 0.3) is 0 Å². The number of nitrogens with zero attached hydrogens (tertiary/aromatic N) is 3. The van der Waals surface area contributed by atoms with Gasteiger partial charge < -0.3 is 10.0 Å². The van der Waals surface area contributed by atoms with Crippen molar-refractivity contribution in [3.8, 4) is 0 Å². The van der Waals surface area contributed by atoms with Gasteiger partial charge in [0.15, 0.2) is 14.8 Å². The van der Waals surface area contributed by atoms with Crippen molar-refractivity contribution in [1.82, 2.24) is 4.90 Å². The Morgan fingerprint density at radius 2 is 2.17 bits per heavy atom. The molecule has 1 fully saturated rings. The van der Waals surface area contributed by atoms with E-state index >= 15 is 0 Å². The fourth-order valence-electron chi connectivity index (χ4n) is 2.68. The maximum absolute atomic E-state index is 11.7. The zero-order chi connectivity index (χ0) is 17.4.